The first-order valence-corrected chi connectivity index (χ1v) is 8.08. The van der Waals surface area contributed by atoms with Crippen molar-refractivity contribution in [1.29, 1.82) is 0 Å². The Balaban J connectivity index is 1.65. The fourth-order valence-corrected chi connectivity index (χ4v) is 3.69. The molecule has 1 aromatic heterocycles. The van der Waals surface area contributed by atoms with Gasteiger partial charge >= 0.3 is 0 Å². The molecule has 2 rings (SSSR count). The fraction of sp³-hybridized carbons (Fsp3) is 0.643. The van der Waals surface area contributed by atoms with E-state index in [0.29, 0.717) is 24.3 Å². The lowest BCUT2D eigenvalue weighted by atomic mass is 10.1. The van der Waals surface area contributed by atoms with E-state index in [1.807, 2.05) is 0 Å². The van der Waals surface area contributed by atoms with Gasteiger partial charge in [-0.05, 0) is 43.0 Å². The van der Waals surface area contributed by atoms with Crippen LogP contribution in [0.3, 0.4) is 0 Å². The lowest BCUT2D eigenvalue weighted by molar-refractivity contribution is -0.122. The number of nitrogens with one attached hydrogen (secondary N) is 1. The van der Waals surface area contributed by atoms with Gasteiger partial charge < -0.3 is 5.32 Å². The van der Waals surface area contributed by atoms with Crippen LogP contribution in [-0.4, -0.2) is 17.8 Å². The van der Waals surface area contributed by atoms with Crippen LogP contribution in [0.5, 0.6) is 0 Å². The molecule has 2 atom stereocenters. The van der Waals surface area contributed by atoms with Crippen molar-refractivity contribution in [2.24, 2.45) is 5.92 Å². The molecule has 1 aromatic rings. The lowest BCUT2D eigenvalue weighted by Crippen LogP contribution is -2.37. The Bertz CT molecular complexity index is 366. The van der Waals surface area contributed by atoms with Gasteiger partial charge in [0.15, 0.2) is 0 Å². The first kappa shape index (κ1) is 13.9. The number of rotatable bonds is 6. The van der Waals surface area contributed by atoms with Crippen molar-refractivity contribution in [2.45, 2.75) is 44.6 Å². The molecule has 0 radical (unpaired) electrons. The van der Waals surface area contributed by atoms with E-state index in [-0.39, 0.29) is 5.91 Å². The van der Waals surface area contributed by atoms with Gasteiger partial charge in [-0.1, -0.05) is 12.5 Å². The third-order valence-corrected chi connectivity index (χ3v) is 4.94. The van der Waals surface area contributed by atoms with Gasteiger partial charge in [0.1, 0.15) is 0 Å². The minimum Gasteiger partial charge on any atom is -0.353 e. The van der Waals surface area contributed by atoms with Crippen LogP contribution in [0.25, 0.3) is 0 Å². The number of alkyl halides is 1. The van der Waals surface area contributed by atoms with Crippen LogP contribution in [0.4, 0.5) is 0 Å². The number of amides is 1. The second-order valence-corrected chi connectivity index (χ2v) is 6.29. The van der Waals surface area contributed by atoms with Crippen molar-refractivity contribution in [2.75, 3.05) is 5.88 Å². The third-order valence-electron chi connectivity index (χ3n) is 3.61. The summed E-state index contributed by atoms with van der Waals surface area (Å²) in [6.45, 7) is 0. The quantitative estimate of drug-likeness (QED) is 0.795. The maximum absolute atomic E-state index is 11.8. The second kappa shape index (κ2) is 7.15. The van der Waals surface area contributed by atoms with Gasteiger partial charge in [-0.2, -0.15) is 0 Å². The zero-order valence-electron chi connectivity index (χ0n) is 10.5. The van der Waals surface area contributed by atoms with Crippen molar-refractivity contribution in [3.63, 3.8) is 0 Å². The number of carbonyl (C=O) groups excluding carboxylic acids is 1. The molecular weight excluding hydrogens is 266 g/mol. The molecule has 100 valence electrons. The lowest BCUT2D eigenvalue weighted by Gasteiger charge is -2.18. The Labute approximate surface area is 118 Å². The normalized spacial score (nSPS) is 23.2. The molecule has 0 aromatic carbocycles. The Kier molecular flexibility index (Phi) is 5.51. The van der Waals surface area contributed by atoms with Crippen LogP contribution in [0, 0.1) is 5.92 Å². The van der Waals surface area contributed by atoms with Crippen LogP contribution >= 0.6 is 22.9 Å². The van der Waals surface area contributed by atoms with Crippen molar-refractivity contribution in [1.82, 2.24) is 5.32 Å². The van der Waals surface area contributed by atoms with Crippen LogP contribution in [0.1, 0.15) is 37.0 Å². The summed E-state index contributed by atoms with van der Waals surface area (Å²) in [5.41, 5.74) is 0. The molecule has 1 fully saturated rings. The molecule has 0 spiro atoms. The predicted octanol–water partition coefficient (Wildman–Crippen LogP) is 3.59. The summed E-state index contributed by atoms with van der Waals surface area (Å²) in [4.78, 5) is 13.2. The molecule has 1 N–H and O–H groups in total. The van der Waals surface area contributed by atoms with Crippen LogP contribution in [0.2, 0.25) is 0 Å². The molecule has 18 heavy (non-hydrogen) atoms. The summed E-state index contributed by atoms with van der Waals surface area (Å²) in [7, 11) is 0. The summed E-state index contributed by atoms with van der Waals surface area (Å²) in [6.07, 6.45) is 6.01. The van der Waals surface area contributed by atoms with E-state index in [4.69, 9.17) is 11.6 Å². The zero-order chi connectivity index (χ0) is 12.8. The number of hydrogen-bond donors (Lipinski definition) is 1. The minimum atomic E-state index is 0.188. The van der Waals surface area contributed by atoms with Crippen molar-refractivity contribution >= 4 is 28.8 Å². The Morgan fingerprint density at radius 1 is 1.50 bits per heavy atom. The summed E-state index contributed by atoms with van der Waals surface area (Å²) in [6, 6.07) is 4.50. The van der Waals surface area contributed by atoms with Crippen molar-refractivity contribution in [3.05, 3.63) is 22.4 Å². The second-order valence-electron chi connectivity index (χ2n) is 4.95. The van der Waals surface area contributed by atoms with Crippen molar-refractivity contribution < 1.29 is 4.79 Å². The summed E-state index contributed by atoms with van der Waals surface area (Å²) >= 11 is 7.67. The van der Waals surface area contributed by atoms with Crippen LogP contribution in [-0.2, 0) is 11.2 Å². The van der Waals surface area contributed by atoms with E-state index in [0.717, 1.165) is 25.7 Å². The van der Waals surface area contributed by atoms with E-state index >= 15 is 0 Å². The molecule has 1 aliphatic rings. The average Bonchev–Trinajstić information content (AvgIpc) is 3.00. The number of aryl methyl sites for hydroxylation is 1. The molecular formula is C14H20ClNOS. The van der Waals surface area contributed by atoms with Gasteiger partial charge in [0, 0.05) is 23.2 Å². The summed E-state index contributed by atoms with van der Waals surface area (Å²) < 4.78 is 0. The molecule has 4 heteroatoms. The molecule has 1 aliphatic carbocycles. The van der Waals surface area contributed by atoms with Gasteiger partial charge in [-0.15, -0.1) is 22.9 Å². The van der Waals surface area contributed by atoms with Gasteiger partial charge in [-0.3, -0.25) is 4.79 Å². The minimum absolute atomic E-state index is 0.188. The van der Waals surface area contributed by atoms with E-state index in [1.165, 1.54) is 11.3 Å². The number of halogens is 1. The predicted molar refractivity (Wildman–Crippen MR) is 77.2 cm³/mol. The van der Waals surface area contributed by atoms with Gasteiger partial charge in [-0.25, -0.2) is 0 Å². The molecule has 2 unspecified atom stereocenters. The van der Waals surface area contributed by atoms with Crippen molar-refractivity contribution in [3.8, 4) is 0 Å². The van der Waals surface area contributed by atoms with Crippen LogP contribution in [0.15, 0.2) is 17.5 Å². The monoisotopic (exact) mass is 285 g/mol. The molecule has 1 heterocycles. The fourth-order valence-electron chi connectivity index (χ4n) is 2.57. The van der Waals surface area contributed by atoms with Gasteiger partial charge in [0.25, 0.3) is 0 Å². The molecule has 0 saturated heterocycles. The number of carbonyl (C=O) groups is 1. The highest BCUT2D eigenvalue weighted by Gasteiger charge is 2.27. The number of thiophene rings is 1. The van der Waals surface area contributed by atoms with E-state index in [1.54, 1.807) is 11.3 Å². The smallest absolute Gasteiger partial charge is 0.220 e. The Hall–Kier alpha value is -0.540. The molecule has 1 saturated carbocycles. The summed E-state index contributed by atoms with van der Waals surface area (Å²) in [5, 5.41) is 5.22. The SMILES string of the molecule is O=C(CCCc1cccs1)NC1CCCC1CCl. The molecule has 0 bridgehead atoms. The van der Waals surface area contributed by atoms with E-state index in [9.17, 15) is 4.79 Å². The topological polar surface area (TPSA) is 29.1 Å². The zero-order valence-corrected chi connectivity index (χ0v) is 12.1. The first-order valence-electron chi connectivity index (χ1n) is 6.67. The van der Waals surface area contributed by atoms with E-state index < -0.39 is 0 Å². The largest absolute Gasteiger partial charge is 0.353 e. The standard InChI is InChI=1S/C14H20ClNOS/c15-10-11-4-1-7-13(11)16-14(17)8-2-5-12-6-3-9-18-12/h3,6,9,11,13H,1-2,4-5,7-8,10H2,(H,16,17). The molecule has 2 nitrogen and oxygen atoms in total. The maximum atomic E-state index is 11.8. The van der Waals surface area contributed by atoms with Gasteiger partial charge in [0.2, 0.25) is 5.91 Å². The molecule has 0 aliphatic heterocycles. The Morgan fingerprint density at radius 3 is 3.11 bits per heavy atom. The first-order chi connectivity index (χ1) is 8.79. The number of hydrogen-bond acceptors (Lipinski definition) is 2. The molecule has 1 amide bonds. The highest BCUT2D eigenvalue weighted by molar-refractivity contribution is 7.09. The average molecular weight is 286 g/mol. The van der Waals surface area contributed by atoms with Gasteiger partial charge in [0.05, 0.1) is 0 Å². The Morgan fingerprint density at radius 2 is 2.39 bits per heavy atom. The summed E-state index contributed by atoms with van der Waals surface area (Å²) in [5.74, 6) is 1.33. The maximum Gasteiger partial charge on any atom is 0.220 e. The van der Waals surface area contributed by atoms with E-state index in [2.05, 4.69) is 22.8 Å². The highest BCUT2D eigenvalue weighted by Crippen LogP contribution is 2.26. The highest BCUT2D eigenvalue weighted by atomic mass is 35.5. The third kappa shape index (κ3) is 3.99. The van der Waals surface area contributed by atoms with Crippen LogP contribution < -0.4 is 5.32 Å².